The molecule has 0 heterocycles. The van der Waals surface area contributed by atoms with Gasteiger partial charge in [-0.1, -0.05) is 26.8 Å². The van der Waals surface area contributed by atoms with Crippen LogP contribution in [0, 0.1) is 19.3 Å². The van der Waals surface area contributed by atoms with Crippen molar-refractivity contribution in [1.29, 1.82) is 0 Å². The van der Waals surface area contributed by atoms with Gasteiger partial charge in [-0.25, -0.2) is 0 Å². The summed E-state index contributed by atoms with van der Waals surface area (Å²) in [4.78, 5) is 12.2. The van der Waals surface area contributed by atoms with Crippen LogP contribution in [0.25, 0.3) is 0 Å². The Hall–Kier alpha value is -1.31. The summed E-state index contributed by atoms with van der Waals surface area (Å²) >= 11 is 0. The summed E-state index contributed by atoms with van der Waals surface area (Å²) < 4.78 is 5.37. The van der Waals surface area contributed by atoms with E-state index in [2.05, 4.69) is 20.8 Å². The maximum Gasteiger partial charge on any atom is 0.167 e. The normalized spacial score (nSPS) is 11.4. The molecule has 0 fully saturated rings. The van der Waals surface area contributed by atoms with Crippen molar-refractivity contribution in [3.05, 3.63) is 28.8 Å². The smallest absolute Gasteiger partial charge is 0.167 e. The highest BCUT2D eigenvalue weighted by molar-refractivity contribution is 5.99. The molecule has 2 heteroatoms. The minimum absolute atomic E-state index is 0.000879. The molecule has 0 saturated carbocycles. The minimum atomic E-state index is 0.000879. The first-order valence-corrected chi connectivity index (χ1v) is 5.93. The fourth-order valence-electron chi connectivity index (χ4n) is 1.85. The number of aryl methyl sites for hydroxylation is 1. The third kappa shape index (κ3) is 3.32. The molecule has 0 atom stereocenters. The van der Waals surface area contributed by atoms with E-state index in [4.69, 9.17) is 4.74 Å². The molecule has 0 aliphatic rings. The Morgan fingerprint density at radius 2 is 1.82 bits per heavy atom. The molecule has 1 aromatic rings. The van der Waals surface area contributed by atoms with E-state index in [1.54, 1.807) is 7.11 Å². The molecular formula is C15H22O2. The van der Waals surface area contributed by atoms with Crippen molar-refractivity contribution < 1.29 is 9.53 Å². The minimum Gasteiger partial charge on any atom is -0.496 e. The summed E-state index contributed by atoms with van der Waals surface area (Å²) in [6, 6.07) is 3.85. The molecule has 0 bridgehead atoms. The van der Waals surface area contributed by atoms with E-state index >= 15 is 0 Å². The molecule has 0 aromatic heterocycles. The van der Waals surface area contributed by atoms with Gasteiger partial charge in [0.25, 0.3) is 0 Å². The third-order valence-electron chi connectivity index (χ3n) is 2.87. The van der Waals surface area contributed by atoms with Crippen molar-refractivity contribution in [2.75, 3.05) is 7.11 Å². The van der Waals surface area contributed by atoms with E-state index in [1.807, 2.05) is 26.0 Å². The number of ether oxygens (including phenoxy) is 1. The number of methoxy groups -OCH3 is 1. The Morgan fingerprint density at radius 3 is 2.29 bits per heavy atom. The molecule has 0 radical (unpaired) electrons. The predicted molar refractivity (Wildman–Crippen MR) is 70.9 cm³/mol. The largest absolute Gasteiger partial charge is 0.496 e. The molecule has 94 valence electrons. The van der Waals surface area contributed by atoms with E-state index in [9.17, 15) is 4.79 Å². The summed E-state index contributed by atoms with van der Waals surface area (Å²) in [6.45, 7) is 10.2. The lowest BCUT2D eigenvalue weighted by molar-refractivity contribution is 0.0936. The van der Waals surface area contributed by atoms with Gasteiger partial charge >= 0.3 is 0 Å². The molecule has 0 spiro atoms. The first-order chi connectivity index (χ1) is 7.76. The van der Waals surface area contributed by atoms with Crippen LogP contribution < -0.4 is 4.74 Å². The number of benzene rings is 1. The van der Waals surface area contributed by atoms with E-state index in [0.29, 0.717) is 12.0 Å². The van der Waals surface area contributed by atoms with Crippen LogP contribution in [-0.2, 0) is 0 Å². The van der Waals surface area contributed by atoms with E-state index in [-0.39, 0.29) is 11.2 Å². The summed E-state index contributed by atoms with van der Waals surface area (Å²) in [7, 11) is 1.62. The first-order valence-electron chi connectivity index (χ1n) is 5.93. The number of Topliss-reactive ketones (excluding diaryl/α,β-unsaturated/α-hetero) is 1. The number of carbonyl (C=O) groups is 1. The van der Waals surface area contributed by atoms with Gasteiger partial charge in [-0.3, -0.25) is 4.79 Å². The summed E-state index contributed by atoms with van der Waals surface area (Å²) in [5.41, 5.74) is 2.90. The standard InChI is InChI=1S/C15H22O2/c1-10-7-8-12(14(17-6)11(10)2)13(16)9-15(3,4)5/h7-8H,9H2,1-6H3. The maximum absolute atomic E-state index is 12.2. The molecule has 2 nitrogen and oxygen atoms in total. The second-order valence-corrected chi connectivity index (χ2v) is 5.75. The van der Waals surface area contributed by atoms with Crippen molar-refractivity contribution in [1.82, 2.24) is 0 Å². The lowest BCUT2D eigenvalue weighted by Crippen LogP contribution is -2.14. The highest BCUT2D eigenvalue weighted by atomic mass is 16.5. The molecule has 0 unspecified atom stereocenters. The van der Waals surface area contributed by atoms with Gasteiger partial charge < -0.3 is 4.74 Å². The SMILES string of the molecule is COc1c(C(=O)CC(C)(C)C)ccc(C)c1C. The van der Waals surface area contributed by atoms with Crippen LogP contribution in [0.1, 0.15) is 48.7 Å². The van der Waals surface area contributed by atoms with Crippen molar-refractivity contribution in [2.24, 2.45) is 5.41 Å². The zero-order valence-electron chi connectivity index (χ0n) is 11.7. The second-order valence-electron chi connectivity index (χ2n) is 5.75. The highest BCUT2D eigenvalue weighted by Crippen LogP contribution is 2.30. The van der Waals surface area contributed by atoms with Crippen molar-refractivity contribution in [3.63, 3.8) is 0 Å². The lowest BCUT2D eigenvalue weighted by atomic mass is 9.87. The molecule has 0 N–H and O–H groups in total. The molecule has 0 aliphatic carbocycles. The Balaban J connectivity index is 3.14. The van der Waals surface area contributed by atoms with Gasteiger partial charge in [-0.05, 0) is 36.5 Å². The lowest BCUT2D eigenvalue weighted by Gasteiger charge is -2.19. The highest BCUT2D eigenvalue weighted by Gasteiger charge is 2.21. The number of rotatable bonds is 3. The quantitative estimate of drug-likeness (QED) is 0.741. The summed E-state index contributed by atoms with van der Waals surface area (Å²) in [6.07, 6.45) is 0.534. The van der Waals surface area contributed by atoms with Crippen molar-refractivity contribution in [3.8, 4) is 5.75 Å². The van der Waals surface area contributed by atoms with Gasteiger partial charge in [0.05, 0.1) is 12.7 Å². The van der Waals surface area contributed by atoms with Gasteiger partial charge in [0, 0.05) is 6.42 Å². The Bertz CT molecular complexity index is 425. The topological polar surface area (TPSA) is 26.3 Å². The van der Waals surface area contributed by atoms with Crippen LogP contribution in [0.4, 0.5) is 0 Å². The Morgan fingerprint density at radius 1 is 1.24 bits per heavy atom. The zero-order valence-corrected chi connectivity index (χ0v) is 11.7. The number of hydrogen-bond acceptors (Lipinski definition) is 2. The Kier molecular flexibility index (Phi) is 3.97. The average Bonchev–Trinajstić information content (AvgIpc) is 2.19. The number of carbonyl (C=O) groups excluding carboxylic acids is 1. The molecule has 0 amide bonds. The zero-order chi connectivity index (χ0) is 13.2. The van der Waals surface area contributed by atoms with Crippen LogP contribution in [0.15, 0.2) is 12.1 Å². The molecule has 0 aliphatic heterocycles. The van der Waals surface area contributed by atoms with Crippen LogP contribution >= 0.6 is 0 Å². The predicted octanol–water partition coefficient (Wildman–Crippen LogP) is 3.93. The second kappa shape index (κ2) is 4.91. The van der Waals surface area contributed by atoms with Crippen LogP contribution in [0.3, 0.4) is 0 Å². The van der Waals surface area contributed by atoms with E-state index in [0.717, 1.165) is 16.9 Å². The fraction of sp³-hybridized carbons (Fsp3) is 0.533. The van der Waals surface area contributed by atoms with Crippen LogP contribution in [0.5, 0.6) is 5.75 Å². The van der Waals surface area contributed by atoms with Gasteiger partial charge in [-0.15, -0.1) is 0 Å². The van der Waals surface area contributed by atoms with Gasteiger partial charge in [0.15, 0.2) is 5.78 Å². The summed E-state index contributed by atoms with van der Waals surface area (Å²) in [5.74, 6) is 0.872. The van der Waals surface area contributed by atoms with Crippen LogP contribution in [0.2, 0.25) is 0 Å². The van der Waals surface area contributed by atoms with Crippen molar-refractivity contribution >= 4 is 5.78 Å². The van der Waals surface area contributed by atoms with Gasteiger partial charge in [0.1, 0.15) is 5.75 Å². The molecule has 1 aromatic carbocycles. The van der Waals surface area contributed by atoms with Gasteiger partial charge in [0.2, 0.25) is 0 Å². The molecule has 17 heavy (non-hydrogen) atoms. The number of ketones is 1. The molecular weight excluding hydrogens is 212 g/mol. The Labute approximate surface area is 104 Å². The van der Waals surface area contributed by atoms with E-state index < -0.39 is 0 Å². The maximum atomic E-state index is 12.2. The third-order valence-corrected chi connectivity index (χ3v) is 2.87. The fourth-order valence-corrected chi connectivity index (χ4v) is 1.85. The summed E-state index contributed by atoms with van der Waals surface area (Å²) in [5, 5.41) is 0. The van der Waals surface area contributed by atoms with Crippen LogP contribution in [-0.4, -0.2) is 12.9 Å². The monoisotopic (exact) mass is 234 g/mol. The first kappa shape index (κ1) is 13.8. The van der Waals surface area contributed by atoms with Gasteiger partial charge in [-0.2, -0.15) is 0 Å². The number of hydrogen-bond donors (Lipinski definition) is 0. The average molecular weight is 234 g/mol. The van der Waals surface area contributed by atoms with E-state index in [1.165, 1.54) is 0 Å². The molecule has 0 saturated heterocycles. The molecule has 1 rings (SSSR count). The van der Waals surface area contributed by atoms with Crippen molar-refractivity contribution in [2.45, 2.75) is 41.0 Å².